The van der Waals surface area contributed by atoms with Gasteiger partial charge in [0.1, 0.15) is 11.5 Å². The molecular weight excluding hydrogens is 447 g/mol. The number of aromatic nitrogens is 4. The molecule has 0 fully saturated rings. The summed E-state index contributed by atoms with van der Waals surface area (Å²) in [5.74, 6) is -0.944. The minimum atomic E-state index is -3.47. The van der Waals surface area contributed by atoms with Crippen LogP contribution in [0.5, 0.6) is 5.75 Å². The van der Waals surface area contributed by atoms with Crippen LogP contribution in [0.2, 0.25) is 0 Å². The lowest BCUT2D eigenvalue weighted by Gasteiger charge is -2.34. The largest absolute Gasteiger partial charge is 0.503 e. The lowest BCUT2D eigenvalue weighted by atomic mass is 9.84. The molecule has 2 atom stereocenters. The second kappa shape index (κ2) is 7.66. The normalized spacial score (nSPS) is 16.1. The highest BCUT2D eigenvalue weighted by Crippen LogP contribution is 2.42. The van der Waals surface area contributed by atoms with E-state index in [2.05, 4.69) is 10.1 Å². The van der Waals surface area contributed by atoms with Crippen molar-refractivity contribution in [1.82, 2.24) is 19.3 Å². The van der Waals surface area contributed by atoms with E-state index in [1.807, 2.05) is 0 Å². The summed E-state index contributed by atoms with van der Waals surface area (Å²) in [6.45, 7) is 0.378. The van der Waals surface area contributed by atoms with Gasteiger partial charge in [-0.3, -0.25) is 9.48 Å². The minimum absolute atomic E-state index is 0.155. The van der Waals surface area contributed by atoms with Crippen molar-refractivity contribution in [2.45, 2.75) is 23.4 Å². The molecule has 168 valence electrons. The van der Waals surface area contributed by atoms with E-state index in [9.17, 15) is 22.7 Å². The summed E-state index contributed by atoms with van der Waals surface area (Å²) in [5, 5.41) is 14.9. The van der Waals surface area contributed by atoms with Crippen molar-refractivity contribution < 1.29 is 17.9 Å². The van der Waals surface area contributed by atoms with E-state index < -0.39 is 38.8 Å². The van der Waals surface area contributed by atoms with Gasteiger partial charge in [0.25, 0.3) is 0 Å². The standard InChI is InChI=1S/C23H19FN4O4S/c1-33(31,32)17-4-2-3-15(11-17)20(14-5-7-16(24)8-6-14)18-13-27-10-9-25-23(27)21-22(30)19(29)12-26-28(18)21/h2-12,18,20,30H,13H2,1H3/t18-,20?/m1/s1. The zero-order valence-electron chi connectivity index (χ0n) is 17.5. The molecular formula is C23H19FN4O4S. The zero-order chi connectivity index (χ0) is 23.3. The molecule has 0 aliphatic carbocycles. The van der Waals surface area contributed by atoms with E-state index in [4.69, 9.17) is 0 Å². The molecule has 1 aliphatic heterocycles. The van der Waals surface area contributed by atoms with Crippen LogP contribution in [0.3, 0.4) is 0 Å². The summed E-state index contributed by atoms with van der Waals surface area (Å²) in [7, 11) is -3.47. The Balaban J connectivity index is 1.76. The minimum Gasteiger partial charge on any atom is -0.503 e. The van der Waals surface area contributed by atoms with Crippen molar-refractivity contribution in [2.24, 2.45) is 0 Å². The number of hydrogen-bond acceptors (Lipinski definition) is 6. The Morgan fingerprint density at radius 2 is 1.91 bits per heavy atom. The molecule has 2 aromatic heterocycles. The highest BCUT2D eigenvalue weighted by Gasteiger charge is 2.35. The van der Waals surface area contributed by atoms with Gasteiger partial charge < -0.3 is 9.67 Å². The molecule has 0 radical (unpaired) electrons. The molecule has 0 amide bonds. The third kappa shape index (κ3) is 3.62. The molecule has 8 nitrogen and oxygen atoms in total. The first-order valence-electron chi connectivity index (χ1n) is 10.1. The van der Waals surface area contributed by atoms with Crippen LogP contribution in [0, 0.1) is 5.82 Å². The number of fused-ring (bicyclic) bond motifs is 3. The van der Waals surface area contributed by atoms with Crippen molar-refractivity contribution in [3.63, 3.8) is 0 Å². The molecule has 10 heteroatoms. The maximum atomic E-state index is 13.7. The fourth-order valence-corrected chi connectivity index (χ4v) is 5.04. The quantitative estimate of drug-likeness (QED) is 0.496. The van der Waals surface area contributed by atoms with E-state index >= 15 is 0 Å². The van der Waals surface area contributed by atoms with E-state index in [0.717, 1.165) is 18.0 Å². The molecule has 1 unspecified atom stereocenters. The lowest BCUT2D eigenvalue weighted by molar-refractivity contribution is 0.331. The Labute approximate surface area is 188 Å². The molecule has 1 aliphatic rings. The molecule has 4 aromatic rings. The number of hydrogen-bond donors (Lipinski definition) is 1. The van der Waals surface area contributed by atoms with E-state index in [0.29, 0.717) is 17.9 Å². The predicted molar refractivity (Wildman–Crippen MR) is 118 cm³/mol. The smallest absolute Gasteiger partial charge is 0.242 e. The third-order valence-corrected chi connectivity index (χ3v) is 6.98. The van der Waals surface area contributed by atoms with Gasteiger partial charge >= 0.3 is 0 Å². The van der Waals surface area contributed by atoms with Crippen molar-refractivity contribution in [3.8, 4) is 17.3 Å². The first-order valence-corrected chi connectivity index (χ1v) is 12.0. The molecule has 33 heavy (non-hydrogen) atoms. The van der Waals surface area contributed by atoms with Crippen LogP contribution in [0.1, 0.15) is 23.1 Å². The van der Waals surface area contributed by atoms with Gasteiger partial charge in [-0.1, -0.05) is 24.3 Å². The van der Waals surface area contributed by atoms with Crippen molar-refractivity contribution >= 4 is 9.84 Å². The van der Waals surface area contributed by atoms with Gasteiger partial charge in [0.05, 0.1) is 17.1 Å². The summed E-state index contributed by atoms with van der Waals surface area (Å²) < 4.78 is 41.5. The van der Waals surface area contributed by atoms with E-state index in [1.54, 1.807) is 52.0 Å². The number of aromatic hydroxyl groups is 1. The van der Waals surface area contributed by atoms with E-state index in [1.165, 1.54) is 18.2 Å². The second-order valence-corrected chi connectivity index (χ2v) is 10.0. The van der Waals surface area contributed by atoms with Crippen LogP contribution >= 0.6 is 0 Å². The summed E-state index contributed by atoms with van der Waals surface area (Å²) in [6, 6.07) is 12.0. The number of sulfone groups is 1. The van der Waals surface area contributed by atoms with Gasteiger partial charge in [-0.05, 0) is 35.4 Å². The molecule has 3 heterocycles. The summed E-state index contributed by atoms with van der Waals surface area (Å²) in [5.41, 5.74) is 0.939. The topological polar surface area (TPSA) is 107 Å². The number of halogens is 1. The Hall–Kier alpha value is -3.79. The number of rotatable bonds is 4. The Kier molecular flexibility index (Phi) is 4.89. The van der Waals surface area contributed by atoms with E-state index in [-0.39, 0.29) is 10.6 Å². The Morgan fingerprint density at radius 3 is 2.64 bits per heavy atom. The molecule has 0 bridgehead atoms. The Morgan fingerprint density at radius 1 is 1.15 bits per heavy atom. The van der Waals surface area contributed by atoms with Gasteiger partial charge in [-0.15, -0.1) is 0 Å². The third-order valence-electron chi connectivity index (χ3n) is 5.87. The number of benzene rings is 2. The highest BCUT2D eigenvalue weighted by atomic mass is 32.2. The van der Waals surface area contributed by atoms with Gasteiger partial charge in [0, 0.05) is 31.1 Å². The fourth-order valence-electron chi connectivity index (χ4n) is 4.36. The van der Waals surface area contributed by atoms with Gasteiger partial charge in [-0.2, -0.15) is 5.10 Å². The number of nitrogens with zero attached hydrogens (tertiary/aromatic N) is 4. The molecule has 2 aromatic carbocycles. The van der Waals surface area contributed by atoms with Gasteiger partial charge in [0.2, 0.25) is 5.43 Å². The SMILES string of the molecule is CS(=O)(=O)c1cccc(C(c2ccc(F)cc2)[C@H]2Cn3ccnc3-c3c(O)c(=O)cnn32)c1. The van der Waals surface area contributed by atoms with Crippen molar-refractivity contribution in [1.29, 1.82) is 0 Å². The average molecular weight is 466 g/mol. The fraction of sp³-hybridized carbons (Fsp3) is 0.174. The van der Waals surface area contributed by atoms with Crippen LogP contribution in [0.15, 0.2) is 76.8 Å². The van der Waals surface area contributed by atoms with Crippen LogP contribution in [-0.2, 0) is 16.4 Å². The molecule has 0 saturated carbocycles. The average Bonchev–Trinajstić information content (AvgIpc) is 3.25. The first-order chi connectivity index (χ1) is 15.7. The van der Waals surface area contributed by atoms with Gasteiger partial charge in [-0.25, -0.2) is 17.8 Å². The molecule has 5 rings (SSSR count). The van der Waals surface area contributed by atoms with Crippen LogP contribution < -0.4 is 5.43 Å². The van der Waals surface area contributed by atoms with Gasteiger partial charge in [0.15, 0.2) is 21.4 Å². The van der Waals surface area contributed by atoms with Crippen LogP contribution in [-0.4, -0.2) is 39.1 Å². The second-order valence-electron chi connectivity index (χ2n) is 8.00. The molecule has 0 spiro atoms. The van der Waals surface area contributed by atoms with Crippen LogP contribution in [0.4, 0.5) is 4.39 Å². The lowest BCUT2D eigenvalue weighted by Crippen LogP contribution is -2.32. The first kappa shape index (κ1) is 21.1. The Bertz CT molecular complexity index is 1530. The summed E-state index contributed by atoms with van der Waals surface area (Å²) in [4.78, 5) is 16.6. The highest BCUT2D eigenvalue weighted by molar-refractivity contribution is 7.90. The molecule has 0 saturated heterocycles. The molecule has 1 N–H and O–H groups in total. The predicted octanol–water partition coefficient (Wildman–Crippen LogP) is 2.74. The maximum Gasteiger partial charge on any atom is 0.242 e. The zero-order valence-corrected chi connectivity index (χ0v) is 18.3. The van der Waals surface area contributed by atoms with Crippen molar-refractivity contribution in [3.05, 3.63) is 94.3 Å². The monoisotopic (exact) mass is 466 g/mol. The number of imidazole rings is 1. The maximum absolute atomic E-state index is 13.7. The summed E-state index contributed by atoms with van der Waals surface area (Å²) >= 11 is 0. The van der Waals surface area contributed by atoms with Crippen LogP contribution in [0.25, 0.3) is 11.5 Å². The van der Waals surface area contributed by atoms with Crippen molar-refractivity contribution in [2.75, 3.05) is 6.26 Å². The summed E-state index contributed by atoms with van der Waals surface area (Å²) in [6.07, 6.45) is 5.48.